The van der Waals surface area contributed by atoms with Crippen LogP contribution in [0.4, 0.5) is 11.4 Å². The lowest BCUT2D eigenvalue weighted by atomic mass is 10.1. The lowest BCUT2D eigenvalue weighted by molar-refractivity contribution is -0.116. The summed E-state index contributed by atoms with van der Waals surface area (Å²) in [5, 5.41) is 7.22. The molecule has 0 unspecified atom stereocenters. The van der Waals surface area contributed by atoms with E-state index >= 15 is 0 Å². The van der Waals surface area contributed by atoms with Crippen LogP contribution >= 0.6 is 0 Å². The first-order valence-electron chi connectivity index (χ1n) is 9.08. The minimum absolute atomic E-state index is 0.0616. The molecule has 2 amide bonds. The van der Waals surface area contributed by atoms with Crippen molar-refractivity contribution in [2.24, 2.45) is 0 Å². The molecule has 2 aromatic heterocycles. The van der Waals surface area contributed by atoms with E-state index in [2.05, 4.69) is 15.4 Å². The summed E-state index contributed by atoms with van der Waals surface area (Å²) in [7, 11) is 1.70. The Hall–Kier alpha value is -4.00. The van der Waals surface area contributed by atoms with Crippen LogP contribution in [0.25, 0.3) is 16.9 Å². The van der Waals surface area contributed by atoms with Gasteiger partial charge in [-0.15, -0.1) is 0 Å². The zero-order valence-electron chi connectivity index (χ0n) is 16.0. The van der Waals surface area contributed by atoms with Crippen LogP contribution in [0.1, 0.15) is 17.3 Å². The number of hydrogen-bond acceptors (Lipinski definition) is 4. The molecule has 144 valence electrons. The summed E-state index contributed by atoms with van der Waals surface area (Å²) in [6.07, 6.45) is 3.19. The van der Waals surface area contributed by atoms with Crippen molar-refractivity contribution in [3.05, 3.63) is 78.6 Å². The summed E-state index contributed by atoms with van der Waals surface area (Å²) in [5.41, 5.74) is 4.07. The molecule has 1 N–H and O–H groups in total. The third-order valence-corrected chi connectivity index (χ3v) is 4.70. The number of carbonyl (C=O) groups is 2. The highest BCUT2D eigenvalue weighted by Crippen LogP contribution is 2.22. The lowest BCUT2D eigenvalue weighted by Gasteiger charge is -2.15. The second-order valence-electron chi connectivity index (χ2n) is 6.57. The highest BCUT2D eigenvalue weighted by atomic mass is 16.2. The van der Waals surface area contributed by atoms with Crippen LogP contribution in [0.3, 0.4) is 0 Å². The quantitative estimate of drug-likeness (QED) is 0.582. The summed E-state index contributed by atoms with van der Waals surface area (Å²) >= 11 is 0. The van der Waals surface area contributed by atoms with Gasteiger partial charge in [-0.2, -0.15) is 5.10 Å². The zero-order chi connectivity index (χ0) is 20.4. The molecule has 0 saturated heterocycles. The number of nitrogens with zero attached hydrogens (tertiary/aromatic N) is 4. The number of hydrogen-bond donors (Lipinski definition) is 1. The van der Waals surface area contributed by atoms with E-state index in [1.165, 1.54) is 18.0 Å². The van der Waals surface area contributed by atoms with Crippen molar-refractivity contribution < 1.29 is 9.59 Å². The number of nitrogens with one attached hydrogen (secondary N) is 1. The predicted molar refractivity (Wildman–Crippen MR) is 112 cm³/mol. The monoisotopic (exact) mass is 385 g/mol. The van der Waals surface area contributed by atoms with Crippen molar-refractivity contribution in [3.8, 4) is 11.3 Å². The normalized spacial score (nSPS) is 10.7. The molecule has 0 aliphatic rings. The molecule has 2 heterocycles. The Bertz CT molecular complexity index is 1180. The average Bonchev–Trinajstić information content (AvgIpc) is 3.19. The van der Waals surface area contributed by atoms with Gasteiger partial charge in [0.05, 0.1) is 11.9 Å². The molecule has 0 radical (unpaired) electrons. The maximum Gasteiger partial charge on any atom is 0.261 e. The van der Waals surface area contributed by atoms with Crippen molar-refractivity contribution in [2.75, 3.05) is 17.3 Å². The molecular weight excluding hydrogens is 366 g/mol. The van der Waals surface area contributed by atoms with Gasteiger partial charge in [-0.3, -0.25) is 9.59 Å². The number of carbonyl (C=O) groups excluding carboxylic acids is 2. The van der Waals surface area contributed by atoms with E-state index in [0.717, 1.165) is 16.9 Å². The van der Waals surface area contributed by atoms with Gasteiger partial charge in [0.15, 0.2) is 5.65 Å². The van der Waals surface area contributed by atoms with Gasteiger partial charge in [0.2, 0.25) is 5.91 Å². The second-order valence-corrected chi connectivity index (χ2v) is 6.57. The molecule has 0 spiro atoms. The van der Waals surface area contributed by atoms with E-state index in [9.17, 15) is 9.59 Å². The zero-order valence-corrected chi connectivity index (χ0v) is 16.0. The topological polar surface area (TPSA) is 79.6 Å². The van der Waals surface area contributed by atoms with Crippen LogP contribution in [0.15, 0.2) is 73.1 Å². The average molecular weight is 385 g/mol. The molecule has 7 heteroatoms. The van der Waals surface area contributed by atoms with Gasteiger partial charge in [0.1, 0.15) is 5.56 Å². The second kappa shape index (κ2) is 7.55. The molecule has 0 fully saturated rings. The number of fused-ring (bicyclic) bond motifs is 1. The van der Waals surface area contributed by atoms with E-state index in [0.29, 0.717) is 16.9 Å². The maximum atomic E-state index is 12.8. The molecule has 4 aromatic rings. The fraction of sp³-hybridized carbons (Fsp3) is 0.0909. The molecule has 0 atom stereocenters. The summed E-state index contributed by atoms with van der Waals surface area (Å²) in [5.74, 6) is -0.362. The van der Waals surface area contributed by atoms with Crippen molar-refractivity contribution in [1.29, 1.82) is 0 Å². The van der Waals surface area contributed by atoms with Crippen molar-refractivity contribution in [3.63, 3.8) is 0 Å². The van der Waals surface area contributed by atoms with E-state index in [-0.39, 0.29) is 11.8 Å². The molecule has 0 aliphatic heterocycles. The molecule has 29 heavy (non-hydrogen) atoms. The summed E-state index contributed by atoms with van der Waals surface area (Å²) in [6.45, 7) is 1.50. The molecule has 7 nitrogen and oxygen atoms in total. The maximum absolute atomic E-state index is 12.8. The Labute approximate surface area is 167 Å². The molecule has 0 saturated carbocycles. The van der Waals surface area contributed by atoms with E-state index in [4.69, 9.17) is 0 Å². The van der Waals surface area contributed by atoms with Crippen LogP contribution in [-0.4, -0.2) is 33.5 Å². The fourth-order valence-electron chi connectivity index (χ4n) is 3.03. The van der Waals surface area contributed by atoms with Crippen LogP contribution < -0.4 is 10.2 Å². The van der Waals surface area contributed by atoms with Crippen LogP contribution in [0.2, 0.25) is 0 Å². The van der Waals surface area contributed by atoms with Gasteiger partial charge >= 0.3 is 0 Å². The van der Waals surface area contributed by atoms with Gasteiger partial charge in [0.25, 0.3) is 5.91 Å². The molecule has 0 aliphatic carbocycles. The van der Waals surface area contributed by atoms with Gasteiger partial charge in [0, 0.05) is 37.1 Å². The summed E-state index contributed by atoms with van der Waals surface area (Å²) in [6, 6.07) is 18.7. The Morgan fingerprint density at radius 2 is 1.72 bits per heavy atom. The predicted octanol–water partition coefficient (Wildman–Crippen LogP) is 3.63. The Morgan fingerprint density at radius 3 is 2.41 bits per heavy atom. The number of benzene rings is 2. The molecule has 4 rings (SSSR count). The third-order valence-electron chi connectivity index (χ3n) is 4.70. The van der Waals surface area contributed by atoms with Crippen LogP contribution in [0, 0.1) is 0 Å². The van der Waals surface area contributed by atoms with Gasteiger partial charge in [-0.1, -0.05) is 30.3 Å². The van der Waals surface area contributed by atoms with E-state index < -0.39 is 0 Å². The fourth-order valence-corrected chi connectivity index (χ4v) is 3.03. The van der Waals surface area contributed by atoms with Crippen molar-refractivity contribution >= 4 is 28.8 Å². The number of aromatic nitrogens is 3. The smallest absolute Gasteiger partial charge is 0.261 e. The summed E-state index contributed by atoms with van der Waals surface area (Å²) in [4.78, 5) is 30.1. The molecule has 0 bridgehead atoms. The van der Waals surface area contributed by atoms with E-state index in [1.807, 2.05) is 36.4 Å². The first kappa shape index (κ1) is 18.4. The van der Waals surface area contributed by atoms with Gasteiger partial charge < -0.3 is 10.2 Å². The van der Waals surface area contributed by atoms with Crippen molar-refractivity contribution in [1.82, 2.24) is 14.6 Å². The molecular formula is C22H19N5O2. The van der Waals surface area contributed by atoms with E-state index in [1.54, 1.807) is 42.0 Å². The van der Waals surface area contributed by atoms with Crippen molar-refractivity contribution in [2.45, 2.75) is 6.92 Å². The Kier molecular flexibility index (Phi) is 4.78. The summed E-state index contributed by atoms with van der Waals surface area (Å²) < 4.78 is 1.66. The molecule has 2 aromatic carbocycles. The highest BCUT2D eigenvalue weighted by Gasteiger charge is 2.16. The van der Waals surface area contributed by atoms with Crippen LogP contribution in [-0.2, 0) is 4.79 Å². The largest absolute Gasteiger partial charge is 0.322 e. The third kappa shape index (κ3) is 3.58. The number of rotatable bonds is 4. The number of anilines is 2. The first-order valence-corrected chi connectivity index (χ1v) is 9.08. The highest BCUT2D eigenvalue weighted by molar-refractivity contribution is 6.08. The van der Waals surface area contributed by atoms with Gasteiger partial charge in [-0.05, 0) is 30.3 Å². The Balaban J connectivity index is 1.61. The lowest BCUT2D eigenvalue weighted by Crippen LogP contribution is -2.22. The minimum atomic E-state index is -0.301. The number of amides is 2. The standard InChI is InChI=1S/C22H19N5O2/c1-15(28)26(2)18-10-8-17(9-11-18)25-22(29)19-14-24-27-20(12-13-23-21(19)27)16-6-4-3-5-7-16/h3-14H,1-2H3,(H,25,29). The van der Waals surface area contributed by atoms with Crippen LogP contribution in [0.5, 0.6) is 0 Å². The Morgan fingerprint density at radius 1 is 1.00 bits per heavy atom. The first-order chi connectivity index (χ1) is 14.0. The minimum Gasteiger partial charge on any atom is -0.322 e. The SMILES string of the molecule is CC(=O)N(C)c1ccc(NC(=O)c2cnn3c(-c4ccccc4)ccnc23)cc1. The van der Waals surface area contributed by atoms with Gasteiger partial charge in [-0.25, -0.2) is 9.50 Å².